The molecule has 0 saturated carbocycles. The third kappa shape index (κ3) is 3.01. The molecule has 0 unspecified atom stereocenters. The Morgan fingerprint density at radius 1 is 1.69 bits per heavy atom. The first-order valence-electron chi connectivity index (χ1n) is 3.86. The van der Waals surface area contributed by atoms with Crippen LogP contribution in [0.4, 0.5) is 0 Å². The number of thiophene rings is 1. The van der Waals surface area contributed by atoms with Crippen molar-refractivity contribution < 1.29 is 9.90 Å². The van der Waals surface area contributed by atoms with Crippen LogP contribution in [0.25, 0.3) is 6.08 Å². The van der Waals surface area contributed by atoms with Crippen molar-refractivity contribution in [3.8, 4) is 0 Å². The van der Waals surface area contributed by atoms with Gasteiger partial charge in [-0.1, -0.05) is 12.2 Å². The van der Waals surface area contributed by atoms with E-state index < -0.39 is 0 Å². The number of hydrogen-bond donors (Lipinski definition) is 2. The second kappa shape index (κ2) is 4.79. The molecule has 0 bridgehead atoms. The Bertz CT molecular complexity index is 317. The fourth-order valence-corrected chi connectivity index (χ4v) is 1.66. The van der Waals surface area contributed by atoms with E-state index in [1.807, 2.05) is 11.4 Å². The maximum atomic E-state index is 10.4. The van der Waals surface area contributed by atoms with Crippen LogP contribution in [0, 0.1) is 0 Å². The number of carbonyl (C=O) groups excluding carboxylic acids is 1. The van der Waals surface area contributed by atoms with E-state index in [1.165, 1.54) is 11.3 Å². The maximum Gasteiger partial charge on any atom is 0.221 e. The first-order valence-corrected chi connectivity index (χ1v) is 4.74. The molecule has 70 valence electrons. The van der Waals surface area contributed by atoms with Crippen LogP contribution in [0.15, 0.2) is 17.5 Å². The van der Waals surface area contributed by atoms with Gasteiger partial charge in [-0.05, 0) is 17.0 Å². The highest BCUT2D eigenvalue weighted by Crippen LogP contribution is 2.17. The van der Waals surface area contributed by atoms with Crippen LogP contribution >= 0.6 is 11.3 Å². The summed E-state index contributed by atoms with van der Waals surface area (Å²) < 4.78 is 0. The number of aliphatic hydroxyl groups is 1. The van der Waals surface area contributed by atoms with Gasteiger partial charge < -0.3 is 10.8 Å². The molecule has 0 atom stereocenters. The van der Waals surface area contributed by atoms with Crippen molar-refractivity contribution in [3.63, 3.8) is 0 Å². The topological polar surface area (TPSA) is 63.3 Å². The number of aliphatic hydroxyl groups excluding tert-OH is 1. The largest absolute Gasteiger partial charge is 0.391 e. The summed E-state index contributed by atoms with van der Waals surface area (Å²) in [7, 11) is 0. The van der Waals surface area contributed by atoms with Gasteiger partial charge in [0.2, 0.25) is 5.91 Å². The fraction of sp³-hybridized carbons (Fsp3) is 0.222. The van der Waals surface area contributed by atoms with Gasteiger partial charge in [-0.15, -0.1) is 11.3 Å². The summed E-state index contributed by atoms with van der Waals surface area (Å²) in [6, 6.07) is 1.90. The van der Waals surface area contributed by atoms with E-state index in [9.17, 15) is 4.79 Å². The van der Waals surface area contributed by atoms with Crippen LogP contribution in [0.3, 0.4) is 0 Å². The van der Waals surface area contributed by atoms with Gasteiger partial charge in [0.25, 0.3) is 0 Å². The van der Waals surface area contributed by atoms with E-state index in [1.54, 1.807) is 12.2 Å². The first kappa shape index (κ1) is 9.95. The smallest absolute Gasteiger partial charge is 0.221 e. The molecular formula is C9H11NO2S. The van der Waals surface area contributed by atoms with Gasteiger partial charge in [0.1, 0.15) is 0 Å². The summed E-state index contributed by atoms with van der Waals surface area (Å²) in [6.45, 7) is 0.0356. The monoisotopic (exact) mass is 197 g/mol. The molecule has 4 heteroatoms. The zero-order valence-corrected chi connectivity index (χ0v) is 7.88. The molecule has 3 N–H and O–H groups in total. The first-order chi connectivity index (χ1) is 6.24. The van der Waals surface area contributed by atoms with Crippen LogP contribution in [0.1, 0.15) is 16.9 Å². The minimum Gasteiger partial charge on any atom is -0.391 e. The van der Waals surface area contributed by atoms with Gasteiger partial charge in [0.15, 0.2) is 0 Å². The number of nitrogens with two attached hydrogens (primary N) is 1. The van der Waals surface area contributed by atoms with E-state index in [2.05, 4.69) is 0 Å². The minimum absolute atomic E-state index is 0.0356. The number of primary amides is 1. The number of amides is 1. The SMILES string of the molecule is NC(=O)CC=Cc1ccsc1CO. The minimum atomic E-state index is -0.350. The maximum absolute atomic E-state index is 10.4. The molecule has 0 aliphatic heterocycles. The molecule has 0 aliphatic rings. The number of hydrogen-bond acceptors (Lipinski definition) is 3. The molecule has 0 radical (unpaired) electrons. The molecule has 13 heavy (non-hydrogen) atoms. The highest BCUT2D eigenvalue weighted by Gasteiger charge is 1.98. The van der Waals surface area contributed by atoms with Crippen molar-refractivity contribution in [1.29, 1.82) is 0 Å². The summed E-state index contributed by atoms with van der Waals surface area (Å²) in [4.78, 5) is 11.3. The van der Waals surface area contributed by atoms with Crippen molar-refractivity contribution in [2.24, 2.45) is 5.73 Å². The van der Waals surface area contributed by atoms with Gasteiger partial charge in [0, 0.05) is 11.3 Å². The van der Waals surface area contributed by atoms with Crippen LogP contribution in [-0.2, 0) is 11.4 Å². The lowest BCUT2D eigenvalue weighted by Crippen LogP contribution is -2.07. The van der Waals surface area contributed by atoms with Crippen molar-refractivity contribution in [1.82, 2.24) is 0 Å². The predicted octanol–water partition coefficient (Wildman–Crippen LogP) is 1.13. The summed E-state index contributed by atoms with van der Waals surface area (Å²) >= 11 is 1.49. The van der Waals surface area contributed by atoms with Crippen molar-refractivity contribution in [3.05, 3.63) is 28.0 Å². The zero-order valence-electron chi connectivity index (χ0n) is 7.06. The molecule has 0 spiro atoms. The van der Waals surface area contributed by atoms with Gasteiger partial charge in [-0.25, -0.2) is 0 Å². The Balaban J connectivity index is 2.62. The third-order valence-corrected chi connectivity index (χ3v) is 2.46. The summed E-state index contributed by atoms with van der Waals surface area (Å²) in [5.74, 6) is -0.350. The van der Waals surface area contributed by atoms with E-state index in [0.717, 1.165) is 10.4 Å². The Morgan fingerprint density at radius 2 is 2.46 bits per heavy atom. The van der Waals surface area contributed by atoms with Gasteiger partial charge in [0.05, 0.1) is 6.61 Å². The average molecular weight is 197 g/mol. The molecule has 0 aliphatic carbocycles. The molecule has 3 nitrogen and oxygen atoms in total. The van der Waals surface area contributed by atoms with Crippen molar-refractivity contribution in [2.45, 2.75) is 13.0 Å². The second-order valence-corrected chi connectivity index (χ2v) is 3.53. The molecule has 0 fully saturated rings. The summed E-state index contributed by atoms with van der Waals surface area (Å²) in [5, 5.41) is 10.8. The second-order valence-electron chi connectivity index (χ2n) is 2.53. The Morgan fingerprint density at radius 3 is 3.08 bits per heavy atom. The lowest BCUT2D eigenvalue weighted by molar-refractivity contribution is -0.117. The van der Waals surface area contributed by atoms with E-state index in [-0.39, 0.29) is 18.9 Å². The molecular weight excluding hydrogens is 186 g/mol. The van der Waals surface area contributed by atoms with Crippen LogP contribution in [-0.4, -0.2) is 11.0 Å². The van der Waals surface area contributed by atoms with Crippen molar-refractivity contribution >= 4 is 23.3 Å². The van der Waals surface area contributed by atoms with E-state index in [4.69, 9.17) is 10.8 Å². The number of rotatable bonds is 4. The lowest BCUT2D eigenvalue weighted by atomic mass is 10.2. The molecule has 1 amide bonds. The Hall–Kier alpha value is -1.13. The van der Waals surface area contributed by atoms with Gasteiger partial charge in [-0.2, -0.15) is 0 Å². The summed E-state index contributed by atoms with van der Waals surface area (Å²) in [5.41, 5.74) is 5.92. The average Bonchev–Trinajstić information content (AvgIpc) is 2.51. The normalized spacial score (nSPS) is 10.8. The Labute approximate surface area is 80.5 Å². The third-order valence-electron chi connectivity index (χ3n) is 1.54. The molecule has 1 rings (SSSR count). The van der Waals surface area contributed by atoms with Gasteiger partial charge in [-0.3, -0.25) is 4.79 Å². The van der Waals surface area contributed by atoms with Crippen molar-refractivity contribution in [2.75, 3.05) is 0 Å². The Kier molecular flexibility index (Phi) is 3.67. The molecule has 1 aromatic heterocycles. The van der Waals surface area contributed by atoms with E-state index >= 15 is 0 Å². The molecule has 0 saturated heterocycles. The molecule has 1 aromatic rings. The fourth-order valence-electron chi connectivity index (χ4n) is 0.930. The highest BCUT2D eigenvalue weighted by molar-refractivity contribution is 7.10. The van der Waals surface area contributed by atoms with Crippen LogP contribution in [0.2, 0.25) is 0 Å². The van der Waals surface area contributed by atoms with Crippen LogP contribution < -0.4 is 5.73 Å². The predicted molar refractivity (Wildman–Crippen MR) is 53.1 cm³/mol. The number of carbonyl (C=O) groups is 1. The highest BCUT2D eigenvalue weighted by atomic mass is 32.1. The van der Waals surface area contributed by atoms with Gasteiger partial charge >= 0.3 is 0 Å². The molecule has 1 heterocycles. The van der Waals surface area contributed by atoms with E-state index in [0.29, 0.717) is 0 Å². The van der Waals surface area contributed by atoms with Crippen LogP contribution in [0.5, 0.6) is 0 Å². The quantitative estimate of drug-likeness (QED) is 0.760. The zero-order chi connectivity index (χ0) is 9.68. The summed E-state index contributed by atoms with van der Waals surface area (Å²) in [6.07, 6.45) is 3.73. The standard InChI is InChI=1S/C9H11NO2S/c10-9(12)3-1-2-7-4-5-13-8(7)6-11/h1-2,4-5,11H,3,6H2,(H2,10,12). The molecule has 0 aromatic carbocycles. The lowest BCUT2D eigenvalue weighted by Gasteiger charge is -1.92.